The van der Waals surface area contributed by atoms with Crippen LogP contribution >= 0.6 is 0 Å². The van der Waals surface area contributed by atoms with E-state index in [-0.39, 0.29) is 34.4 Å². The van der Waals surface area contributed by atoms with Crippen LogP contribution < -0.4 is 10.0 Å². The van der Waals surface area contributed by atoms with Gasteiger partial charge in [0.25, 0.3) is 15.9 Å². The summed E-state index contributed by atoms with van der Waals surface area (Å²) in [7, 11) is -4.04. The number of carbonyl (C=O) groups is 2. The Labute approximate surface area is 163 Å². The van der Waals surface area contributed by atoms with Crippen LogP contribution in [-0.4, -0.2) is 32.9 Å². The maximum absolute atomic E-state index is 13.4. The fourth-order valence-corrected chi connectivity index (χ4v) is 3.47. The molecule has 2 rings (SSSR count). The molecule has 28 heavy (non-hydrogen) atoms. The molecule has 0 bridgehead atoms. The van der Waals surface area contributed by atoms with Gasteiger partial charge < -0.3 is 10.1 Å². The monoisotopic (exact) mass is 408 g/mol. The highest BCUT2D eigenvalue weighted by Gasteiger charge is 2.20. The van der Waals surface area contributed by atoms with E-state index in [0.717, 1.165) is 12.1 Å². The van der Waals surface area contributed by atoms with Crippen molar-refractivity contribution in [3.8, 4) is 0 Å². The molecule has 0 saturated carbocycles. The Morgan fingerprint density at radius 2 is 1.82 bits per heavy atom. The fraction of sp³-hybridized carbons (Fsp3) is 0.263. The van der Waals surface area contributed by atoms with Crippen molar-refractivity contribution >= 4 is 27.6 Å². The summed E-state index contributed by atoms with van der Waals surface area (Å²) in [6, 6.07) is 9.32. The normalized spacial score (nSPS) is 11.2. The van der Waals surface area contributed by atoms with Gasteiger partial charge in [0, 0.05) is 0 Å². The average Bonchev–Trinajstić information content (AvgIpc) is 2.61. The summed E-state index contributed by atoms with van der Waals surface area (Å²) in [5.74, 6) is -1.77. The molecule has 2 aromatic rings. The minimum Gasteiger partial charge on any atom is -0.462 e. The molecule has 150 valence electrons. The van der Waals surface area contributed by atoms with Gasteiger partial charge in [0.1, 0.15) is 12.4 Å². The van der Waals surface area contributed by atoms with E-state index < -0.39 is 27.7 Å². The fourth-order valence-electron chi connectivity index (χ4n) is 2.31. The summed E-state index contributed by atoms with van der Waals surface area (Å²) in [6.45, 7) is 4.46. The molecule has 9 heteroatoms. The van der Waals surface area contributed by atoms with Crippen molar-refractivity contribution in [2.45, 2.75) is 31.8 Å². The summed E-state index contributed by atoms with van der Waals surface area (Å²) in [6.07, 6.45) is -0.317. The van der Waals surface area contributed by atoms with Crippen molar-refractivity contribution in [2.75, 3.05) is 11.3 Å². The highest BCUT2D eigenvalue weighted by Crippen LogP contribution is 2.21. The van der Waals surface area contributed by atoms with E-state index in [9.17, 15) is 22.4 Å². The lowest BCUT2D eigenvalue weighted by Gasteiger charge is -2.13. The zero-order chi connectivity index (χ0) is 20.9. The zero-order valence-corrected chi connectivity index (χ0v) is 16.5. The van der Waals surface area contributed by atoms with E-state index in [2.05, 4.69) is 10.0 Å². The largest absolute Gasteiger partial charge is 0.462 e. The number of halogens is 1. The molecule has 0 saturated heterocycles. The number of anilines is 1. The third kappa shape index (κ3) is 5.53. The molecule has 2 N–H and O–H groups in total. The lowest BCUT2D eigenvalue weighted by molar-refractivity contribution is -0.146. The van der Waals surface area contributed by atoms with Crippen molar-refractivity contribution in [3.63, 3.8) is 0 Å². The number of nitrogens with one attached hydrogen (secondary N) is 2. The van der Waals surface area contributed by atoms with Crippen LogP contribution in [0.15, 0.2) is 47.4 Å². The SMILES string of the molecule is Cc1cc(S(=O)(=O)Nc2ccccc2C(=O)NCC(=O)OC(C)C)ccc1F. The molecule has 0 aliphatic carbocycles. The number of sulfonamides is 1. The lowest BCUT2D eigenvalue weighted by Crippen LogP contribution is -2.32. The molecule has 0 atom stereocenters. The molecule has 2 aromatic carbocycles. The zero-order valence-electron chi connectivity index (χ0n) is 15.7. The van der Waals surface area contributed by atoms with Gasteiger partial charge in [-0.3, -0.25) is 14.3 Å². The van der Waals surface area contributed by atoms with Crippen molar-refractivity contribution in [1.82, 2.24) is 5.32 Å². The molecule has 0 spiro atoms. The van der Waals surface area contributed by atoms with Gasteiger partial charge in [-0.2, -0.15) is 0 Å². The van der Waals surface area contributed by atoms with E-state index in [1.807, 2.05) is 0 Å². The van der Waals surface area contributed by atoms with Gasteiger partial charge in [0.2, 0.25) is 0 Å². The number of carbonyl (C=O) groups excluding carboxylic acids is 2. The molecule has 0 aromatic heterocycles. The Morgan fingerprint density at radius 1 is 1.14 bits per heavy atom. The molecule has 0 unspecified atom stereocenters. The predicted octanol–water partition coefficient (Wildman–Crippen LogP) is 2.62. The third-order valence-corrected chi connectivity index (χ3v) is 4.98. The summed E-state index contributed by atoms with van der Waals surface area (Å²) in [4.78, 5) is 23.8. The summed E-state index contributed by atoms with van der Waals surface area (Å²) in [5.41, 5.74) is 0.235. The topological polar surface area (TPSA) is 102 Å². The first-order valence-corrected chi connectivity index (χ1v) is 9.94. The average molecular weight is 408 g/mol. The number of benzene rings is 2. The lowest BCUT2D eigenvalue weighted by atomic mass is 10.1. The number of ether oxygens (including phenoxy) is 1. The number of rotatable bonds is 7. The first-order valence-electron chi connectivity index (χ1n) is 8.46. The predicted molar refractivity (Wildman–Crippen MR) is 102 cm³/mol. The molecule has 0 aliphatic rings. The van der Waals surface area contributed by atoms with Crippen LogP contribution in [-0.2, 0) is 19.6 Å². The molecule has 7 nitrogen and oxygen atoms in total. The second-order valence-corrected chi connectivity index (χ2v) is 7.97. The number of hydrogen-bond donors (Lipinski definition) is 2. The Morgan fingerprint density at radius 3 is 2.46 bits per heavy atom. The quantitative estimate of drug-likeness (QED) is 0.686. The minimum atomic E-state index is -4.04. The second-order valence-electron chi connectivity index (χ2n) is 6.28. The minimum absolute atomic E-state index is 0.0270. The number of hydrogen-bond acceptors (Lipinski definition) is 5. The van der Waals surface area contributed by atoms with Crippen LogP contribution in [0.4, 0.5) is 10.1 Å². The van der Waals surface area contributed by atoms with Crippen molar-refractivity contribution in [2.24, 2.45) is 0 Å². The van der Waals surface area contributed by atoms with Gasteiger partial charge in [-0.1, -0.05) is 12.1 Å². The van der Waals surface area contributed by atoms with Crippen LogP contribution in [0.2, 0.25) is 0 Å². The summed E-state index contributed by atoms with van der Waals surface area (Å²) >= 11 is 0. The van der Waals surface area contributed by atoms with E-state index in [1.54, 1.807) is 26.0 Å². The Bertz CT molecular complexity index is 990. The van der Waals surface area contributed by atoms with Crippen LogP contribution in [0, 0.1) is 12.7 Å². The van der Waals surface area contributed by atoms with Gasteiger partial charge in [-0.05, 0) is 56.7 Å². The molecule has 0 heterocycles. The first kappa shape index (κ1) is 21.4. The van der Waals surface area contributed by atoms with Crippen LogP contribution in [0.25, 0.3) is 0 Å². The Kier molecular flexibility index (Phi) is 6.74. The van der Waals surface area contributed by atoms with E-state index >= 15 is 0 Å². The van der Waals surface area contributed by atoms with Crippen molar-refractivity contribution in [3.05, 3.63) is 59.4 Å². The maximum atomic E-state index is 13.4. The highest BCUT2D eigenvalue weighted by atomic mass is 32.2. The third-order valence-electron chi connectivity index (χ3n) is 3.62. The summed E-state index contributed by atoms with van der Waals surface area (Å²) < 4.78 is 45.8. The van der Waals surface area contributed by atoms with Gasteiger partial charge in [-0.25, -0.2) is 12.8 Å². The maximum Gasteiger partial charge on any atom is 0.325 e. The van der Waals surface area contributed by atoms with Crippen LogP contribution in [0.1, 0.15) is 29.8 Å². The molecule has 0 radical (unpaired) electrons. The van der Waals surface area contributed by atoms with E-state index in [0.29, 0.717) is 0 Å². The molecule has 0 aliphatic heterocycles. The van der Waals surface area contributed by atoms with Gasteiger partial charge >= 0.3 is 5.97 Å². The molecular weight excluding hydrogens is 387 g/mol. The molecular formula is C19H21FN2O5S. The number of amides is 1. The second kappa shape index (κ2) is 8.83. The highest BCUT2D eigenvalue weighted by molar-refractivity contribution is 7.92. The number of para-hydroxylation sites is 1. The Hall–Kier alpha value is -2.94. The first-order chi connectivity index (χ1) is 13.1. The molecule has 0 fully saturated rings. The van der Waals surface area contributed by atoms with Crippen LogP contribution in [0.5, 0.6) is 0 Å². The van der Waals surface area contributed by atoms with Gasteiger partial charge in [0.15, 0.2) is 0 Å². The van der Waals surface area contributed by atoms with E-state index in [4.69, 9.17) is 4.74 Å². The van der Waals surface area contributed by atoms with Gasteiger partial charge in [-0.15, -0.1) is 0 Å². The standard InChI is InChI=1S/C19H21FN2O5S/c1-12(2)27-18(23)11-21-19(24)15-6-4-5-7-17(15)22-28(25,26)14-8-9-16(20)13(3)10-14/h4-10,12,22H,11H2,1-3H3,(H,21,24). The van der Waals surface area contributed by atoms with Crippen LogP contribution in [0.3, 0.4) is 0 Å². The summed E-state index contributed by atoms with van der Waals surface area (Å²) in [5, 5.41) is 2.39. The smallest absolute Gasteiger partial charge is 0.325 e. The Balaban J connectivity index is 2.20. The van der Waals surface area contributed by atoms with Crippen molar-refractivity contribution < 1.29 is 27.1 Å². The number of esters is 1. The van der Waals surface area contributed by atoms with Gasteiger partial charge in [0.05, 0.1) is 22.3 Å². The number of aryl methyl sites for hydroxylation is 1. The van der Waals surface area contributed by atoms with E-state index in [1.165, 1.54) is 25.1 Å². The molecule has 1 amide bonds. The van der Waals surface area contributed by atoms with Crippen molar-refractivity contribution in [1.29, 1.82) is 0 Å².